The number of hydrogen-bond donors (Lipinski definition) is 1. The van der Waals surface area contributed by atoms with Gasteiger partial charge >= 0.3 is 0 Å². The van der Waals surface area contributed by atoms with E-state index in [1.807, 2.05) is 11.8 Å². The summed E-state index contributed by atoms with van der Waals surface area (Å²) in [4.78, 5) is 13.9. The zero-order valence-corrected chi connectivity index (χ0v) is 14.7. The summed E-state index contributed by atoms with van der Waals surface area (Å²) in [6, 6.07) is 4.86. The molecule has 1 heterocycles. The van der Waals surface area contributed by atoms with E-state index in [1.54, 1.807) is 0 Å². The van der Waals surface area contributed by atoms with Crippen molar-refractivity contribution < 1.29 is 17.6 Å². The minimum absolute atomic E-state index is 0.0355. The first-order chi connectivity index (χ1) is 11.4. The predicted octanol–water partition coefficient (Wildman–Crippen LogP) is 1.05. The Morgan fingerprint density at radius 2 is 1.88 bits per heavy atom. The molecule has 2 rings (SSSR count). The molecule has 0 unspecified atom stereocenters. The summed E-state index contributed by atoms with van der Waals surface area (Å²) in [5, 5.41) is 2.82. The van der Waals surface area contributed by atoms with Gasteiger partial charge in [0, 0.05) is 26.2 Å². The molecule has 1 amide bonds. The van der Waals surface area contributed by atoms with Crippen LogP contribution in [0.3, 0.4) is 0 Å². The van der Waals surface area contributed by atoms with Crippen molar-refractivity contribution >= 4 is 15.9 Å². The Balaban J connectivity index is 1.97. The summed E-state index contributed by atoms with van der Waals surface area (Å²) in [6.07, 6.45) is 1.54. The molecule has 1 aliphatic rings. The minimum Gasteiger partial charge on any atom is -0.355 e. The van der Waals surface area contributed by atoms with Crippen LogP contribution in [-0.4, -0.2) is 62.8 Å². The average Bonchev–Trinajstić information content (AvgIpc) is 2.79. The topological polar surface area (TPSA) is 69.7 Å². The number of amides is 1. The first-order valence-electron chi connectivity index (χ1n) is 8.18. The van der Waals surface area contributed by atoms with Crippen LogP contribution in [0.15, 0.2) is 29.2 Å². The third-order valence-electron chi connectivity index (χ3n) is 3.94. The summed E-state index contributed by atoms with van der Waals surface area (Å²) < 4.78 is 39.7. The monoisotopic (exact) mass is 357 g/mol. The molecule has 8 heteroatoms. The van der Waals surface area contributed by atoms with Crippen molar-refractivity contribution in [3.63, 3.8) is 0 Å². The van der Waals surface area contributed by atoms with Crippen LogP contribution in [0.2, 0.25) is 0 Å². The van der Waals surface area contributed by atoms with Crippen molar-refractivity contribution in [2.24, 2.45) is 0 Å². The average molecular weight is 357 g/mol. The maximum absolute atomic E-state index is 13.0. The van der Waals surface area contributed by atoms with E-state index in [2.05, 4.69) is 5.32 Å². The van der Waals surface area contributed by atoms with Gasteiger partial charge in [0.25, 0.3) is 0 Å². The van der Waals surface area contributed by atoms with E-state index in [4.69, 9.17) is 0 Å². The van der Waals surface area contributed by atoms with E-state index in [0.717, 1.165) is 18.6 Å². The molecule has 6 nitrogen and oxygen atoms in total. The normalized spacial score (nSPS) is 17.4. The number of benzene rings is 1. The summed E-state index contributed by atoms with van der Waals surface area (Å²) in [5.41, 5.74) is 0. The van der Waals surface area contributed by atoms with Gasteiger partial charge in [-0.3, -0.25) is 9.69 Å². The Morgan fingerprint density at radius 3 is 2.54 bits per heavy atom. The second-order valence-corrected chi connectivity index (χ2v) is 7.78. The van der Waals surface area contributed by atoms with Gasteiger partial charge in [0.1, 0.15) is 5.82 Å². The van der Waals surface area contributed by atoms with Crippen molar-refractivity contribution in [2.75, 3.05) is 39.3 Å². The van der Waals surface area contributed by atoms with E-state index < -0.39 is 15.8 Å². The van der Waals surface area contributed by atoms with Crippen LogP contribution in [0.5, 0.6) is 0 Å². The summed E-state index contributed by atoms with van der Waals surface area (Å²) in [7, 11) is -3.63. The van der Waals surface area contributed by atoms with E-state index in [9.17, 15) is 17.6 Å². The molecule has 1 N–H and O–H groups in total. The molecule has 1 aliphatic heterocycles. The third kappa shape index (κ3) is 4.99. The summed E-state index contributed by atoms with van der Waals surface area (Å²) >= 11 is 0. The minimum atomic E-state index is -3.63. The SMILES string of the molecule is CCCNC(=O)CN1CCCN(S(=O)(=O)c2ccc(F)cc2)CC1. The highest BCUT2D eigenvalue weighted by Crippen LogP contribution is 2.18. The smallest absolute Gasteiger partial charge is 0.243 e. The molecule has 24 heavy (non-hydrogen) atoms. The van der Waals surface area contributed by atoms with E-state index in [-0.39, 0.29) is 17.3 Å². The molecule has 0 spiro atoms. The molecular weight excluding hydrogens is 333 g/mol. The Kier molecular flexibility index (Phi) is 6.70. The fraction of sp³-hybridized carbons (Fsp3) is 0.562. The van der Waals surface area contributed by atoms with Crippen LogP contribution in [0.1, 0.15) is 19.8 Å². The van der Waals surface area contributed by atoms with Gasteiger partial charge in [-0.25, -0.2) is 12.8 Å². The van der Waals surface area contributed by atoms with Crippen LogP contribution in [-0.2, 0) is 14.8 Å². The first-order valence-corrected chi connectivity index (χ1v) is 9.62. The molecule has 134 valence electrons. The molecule has 0 bridgehead atoms. The van der Waals surface area contributed by atoms with Gasteiger partial charge < -0.3 is 5.32 Å². The summed E-state index contributed by atoms with van der Waals surface area (Å²) in [6.45, 7) is 4.81. The zero-order chi connectivity index (χ0) is 17.6. The van der Waals surface area contributed by atoms with Gasteiger partial charge in [-0.1, -0.05) is 6.92 Å². The van der Waals surface area contributed by atoms with Crippen LogP contribution in [0.4, 0.5) is 4.39 Å². The number of hydrogen-bond acceptors (Lipinski definition) is 4. The molecule has 0 radical (unpaired) electrons. The highest BCUT2D eigenvalue weighted by atomic mass is 32.2. The van der Waals surface area contributed by atoms with Gasteiger partial charge in [-0.15, -0.1) is 0 Å². The Morgan fingerprint density at radius 1 is 1.17 bits per heavy atom. The molecule has 0 aliphatic carbocycles. The molecule has 1 fully saturated rings. The lowest BCUT2D eigenvalue weighted by Crippen LogP contribution is -2.40. The predicted molar refractivity (Wildman–Crippen MR) is 89.5 cm³/mol. The van der Waals surface area contributed by atoms with Crippen molar-refractivity contribution in [2.45, 2.75) is 24.7 Å². The molecule has 0 saturated carbocycles. The summed E-state index contributed by atoms with van der Waals surface area (Å²) in [5.74, 6) is -0.499. The van der Waals surface area contributed by atoms with Crippen LogP contribution < -0.4 is 5.32 Å². The molecular formula is C16H24FN3O3S. The molecule has 1 saturated heterocycles. The second kappa shape index (κ2) is 8.55. The first kappa shape index (κ1) is 18.8. The number of rotatable bonds is 6. The lowest BCUT2D eigenvalue weighted by Gasteiger charge is -2.21. The zero-order valence-electron chi connectivity index (χ0n) is 13.9. The van der Waals surface area contributed by atoms with Crippen LogP contribution in [0, 0.1) is 5.82 Å². The van der Waals surface area contributed by atoms with Crippen LogP contribution in [0.25, 0.3) is 0 Å². The van der Waals surface area contributed by atoms with Gasteiger partial charge in [0.05, 0.1) is 11.4 Å². The van der Waals surface area contributed by atoms with Gasteiger partial charge in [0.15, 0.2) is 0 Å². The fourth-order valence-electron chi connectivity index (χ4n) is 2.62. The van der Waals surface area contributed by atoms with Crippen molar-refractivity contribution in [1.29, 1.82) is 0 Å². The number of carbonyl (C=O) groups excluding carboxylic acids is 1. The van der Waals surface area contributed by atoms with Crippen LogP contribution >= 0.6 is 0 Å². The highest BCUT2D eigenvalue weighted by molar-refractivity contribution is 7.89. The molecule has 0 aromatic heterocycles. The fourth-order valence-corrected chi connectivity index (χ4v) is 4.09. The number of carbonyl (C=O) groups is 1. The lowest BCUT2D eigenvalue weighted by molar-refractivity contribution is -0.122. The van der Waals surface area contributed by atoms with Crippen molar-refractivity contribution in [1.82, 2.24) is 14.5 Å². The Hall–Kier alpha value is -1.51. The van der Waals surface area contributed by atoms with Crippen molar-refractivity contribution in [3.05, 3.63) is 30.1 Å². The van der Waals surface area contributed by atoms with Gasteiger partial charge in [0.2, 0.25) is 15.9 Å². The number of sulfonamides is 1. The standard InChI is InChI=1S/C16H24FN3O3S/c1-2-8-18-16(21)13-19-9-3-10-20(12-11-19)24(22,23)15-6-4-14(17)5-7-15/h4-7H,2-3,8-13H2,1H3,(H,18,21). The number of nitrogens with one attached hydrogen (secondary N) is 1. The second-order valence-electron chi connectivity index (χ2n) is 5.84. The van der Waals surface area contributed by atoms with Gasteiger partial charge in [-0.2, -0.15) is 4.31 Å². The maximum atomic E-state index is 13.0. The number of halogens is 1. The van der Waals surface area contributed by atoms with Gasteiger partial charge in [-0.05, 0) is 43.7 Å². The third-order valence-corrected chi connectivity index (χ3v) is 5.85. The molecule has 0 atom stereocenters. The lowest BCUT2D eigenvalue weighted by atomic mass is 10.3. The molecule has 1 aromatic carbocycles. The highest BCUT2D eigenvalue weighted by Gasteiger charge is 2.27. The maximum Gasteiger partial charge on any atom is 0.243 e. The molecule has 1 aromatic rings. The quantitative estimate of drug-likeness (QED) is 0.826. The Bertz CT molecular complexity index is 649. The largest absolute Gasteiger partial charge is 0.355 e. The Labute approximate surface area is 142 Å². The van der Waals surface area contributed by atoms with E-state index in [1.165, 1.54) is 16.4 Å². The number of nitrogens with zero attached hydrogens (tertiary/aromatic N) is 2. The van der Waals surface area contributed by atoms with Crippen molar-refractivity contribution in [3.8, 4) is 0 Å². The van der Waals surface area contributed by atoms with E-state index >= 15 is 0 Å². The van der Waals surface area contributed by atoms with E-state index in [0.29, 0.717) is 39.1 Å².